The molecule has 0 unspecified atom stereocenters. The third-order valence-electron chi connectivity index (χ3n) is 2.48. The van der Waals surface area contributed by atoms with Crippen LogP contribution in [0.2, 0.25) is 0 Å². The van der Waals surface area contributed by atoms with E-state index >= 15 is 0 Å². The van der Waals surface area contributed by atoms with Gasteiger partial charge in [-0.3, -0.25) is 9.59 Å². The van der Waals surface area contributed by atoms with Crippen LogP contribution < -0.4 is 10.6 Å². The van der Waals surface area contributed by atoms with Gasteiger partial charge < -0.3 is 10.6 Å². The molecule has 0 saturated heterocycles. The van der Waals surface area contributed by atoms with Crippen molar-refractivity contribution in [2.45, 2.75) is 6.42 Å². The van der Waals surface area contributed by atoms with Crippen molar-refractivity contribution < 1.29 is 9.59 Å². The highest BCUT2D eigenvalue weighted by atomic mass is 79.9. The number of thiophene rings is 2. The van der Waals surface area contributed by atoms with Crippen LogP contribution in [0.4, 0.5) is 0 Å². The van der Waals surface area contributed by atoms with Gasteiger partial charge in [-0.25, -0.2) is 0 Å². The minimum absolute atomic E-state index is 0.00120. The summed E-state index contributed by atoms with van der Waals surface area (Å²) in [6, 6.07) is 7.55. The van der Waals surface area contributed by atoms with Crippen LogP contribution in [-0.2, 0) is 11.2 Å². The molecule has 0 radical (unpaired) electrons. The summed E-state index contributed by atoms with van der Waals surface area (Å²) in [4.78, 5) is 25.1. The highest BCUT2D eigenvalue weighted by Gasteiger charge is 2.09. The summed E-state index contributed by atoms with van der Waals surface area (Å²) in [5.41, 5.74) is 0. The average Bonchev–Trinajstić information content (AvgIpc) is 3.07. The third kappa shape index (κ3) is 4.73. The predicted molar refractivity (Wildman–Crippen MR) is 85.4 cm³/mol. The molecular formula is C13H13BrN2O2S2. The Morgan fingerprint density at radius 1 is 1.20 bits per heavy atom. The largest absolute Gasteiger partial charge is 0.354 e. The molecule has 0 spiro atoms. The van der Waals surface area contributed by atoms with Gasteiger partial charge in [0.2, 0.25) is 5.91 Å². The van der Waals surface area contributed by atoms with Crippen molar-refractivity contribution in [3.05, 3.63) is 43.2 Å². The van der Waals surface area contributed by atoms with Crippen LogP contribution in [0, 0.1) is 0 Å². The van der Waals surface area contributed by atoms with Crippen LogP contribution in [0.5, 0.6) is 0 Å². The SMILES string of the molecule is O=C(CNC(=O)c1ccc(Br)s1)NCCc1cccs1. The number of rotatable bonds is 6. The first-order valence-electron chi connectivity index (χ1n) is 5.98. The lowest BCUT2D eigenvalue weighted by molar-refractivity contribution is -0.120. The molecule has 0 bridgehead atoms. The summed E-state index contributed by atoms with van der Waals surface area (Å²) in [6.07, 6.45) is 0.815. The summed E-state index contributed by atoms with van der Waals surface area (Å²) in [5, 5.41) is 7.39. The van der Waals surface area contributed by atoms with Gasteiger partial charge in [0.15, 0.2) is 0 Å². The Balaban J connectivity index is 1.66. The van der Waals surface area contributed by atoms with Crippen LogP contribution in [0.15, 0.2) is 33.4 Å². The normalized spacial score (nSPS) is 10.2. The molecular weight excluding hydrogens is 360 g/mol. The van der Waals surface area contributed by atoms with Crippen molar-refractivity contribution in [1.82, 2.24) is 10.6 Å². The lowest BCUT2D eigenvalue weighted by Crippen LogP contribution is -2.37. The van der Waals surface area contributed by atoms with Crippen molar-refractivity contribution in [1.29, 1.82) is 0 Å². The lowest BCUT2D eigenvalue weighted by atomic mass is 10.3. The van der Waals surface area contributed by atoms with Gasteiger partial charge in [0.1, 0.15) is 0 Å². The molecule has 0 aliphatic carbocycles. The minimum atomic E-state index is -0.228. The van der Waals surface area contributed by atoms with Crippen molar-refractivity contribution in [2.75, 3.05) is 13.1 Å². The van der Waals surface area contributed by atoms with Crippen LogP contribution in [0.25, 0.3) is 0 Å². The molecule has 2 N–H and O–H groups in total. The monoisotopic (exact) mass is 372 g/mol. The molecule has 2 aromatic heterocycles. The molecule has 0 aliphatic heterocycles. The van der Waals surface area contributed by atoms with Gasteiger partial charge in [0.25, 0.3) is 5.91 Å². The standard InChI is InChI=1S/C13H13BrN2O2S2/c14-11-4-3-10(20-11)13(18)16-8-12(17)15-6-5-9-2-1-7-19-9/h1-4,7H,5-6,8H2,(H,15,17)(H,16,18). The fraction of sp³-hybridized carbons (Fsp3) is 0.231. The number of halogens is 1. The quantitative estimate of drug-likeness (QED) is 0.818. The second kappa shape index (κ2) is 7.56. The zero-order valence-electron chi connectivity index (χ0n) is 10.5. The summed E-state index contributed by atoms with van der Waals surface area (Å²) in [7, 11) is 0. The molecule has 2 rings (SSSR count). The van der Waals surface area contributed by atoms with E-state index in [-0.39, 0.29) is 18.4 Å². The highest BCUT2D eigenvalue weighted by Crippen LogP contribution is 2.21. The number of amides is 2. The molecule has 0 aliphatic rings. The first-order valence-corrected chi connectivity index (χ1v) is 8.46. The summed E-state index contributed by atoms with van der Waals surface area (Å²) < 4.78 is 0.892. The van der Waals surface area contributed by atoms with Gasteiger partial charge in [0.05, 0.1) is 15.2 Å². The van der Waals surface area contributed by atoms with Gasteiger partial charge in [-0.2, -0.15) is 0 Å². The number of hydrogen-bond donors (Lipinski definition) is 2. The van der Waals surface area contributed by atoms with Gasteiger partial charge in [-0.15, -0.1) is 22.7 Å². The van der Waals surface area contributed by atoms with E-state index in [4.69, 9.17) is 0 Å². The second-order valence-corrected chi connectivity index (χ2v) is 7.46. The Kier molecular flexibility index (Phi) is 5.75. The maximum atomic E-state index is 11.7. The van der Waals surface area contributed by atoms with Crippen molar-refractivity contribution in [2.24, 2.45) is 0 Å². The Morgan fingerprint density at radius 2 is 2.05 bits per heavy atom. The minimum Gasteiger partial charge on any atom is -0.354 e. The number of nitrogens with one attached hydrogen (secondary N) is 2. The summed E-state index contributed by atoms with van der Waals surface area (Å²) in [6.45, 7) is 0.582. The smallest absolute Gasteiger partial charge is 0.261 e. The van der Waals surface area contributed by atoms with E-state index in [0.29, 0.717) is 11.4 Å². The first kappa shape index (κ1) is 15.2. The zero-order chi connectivity index (χ0) is 14.4. The second-order valence-electron chi connectivity index (χ2n) is 3.97. The third-order valence-corrected chi connectivity index (χ3v) is 5.04. The van der Waals surface area contributed by atoms with Crippen LogP contribution in [0.3, 0.4) is 0 Å². The van der Waals surface area contributed by atoms with Crippen molar-refractivity contribution in [3.8, 4) is 0 Å². The van der Waals surface area contributed by atoms with E-state index in [2.05, 4.69) is 26.6 Å². The maximum absolute atomic E-state index is 11.7. The predicted octanol–water partition coefficient (Wildman–Crippen LogP) is 2.66. The molecule has 2 aromatic rings. The fourth-order valence-electron chi connectivity index (χ4n) is 1.53. The van der Waals surface area contributed by atoms with Gasteiger partial charge >= 0.3 is 0 Å². The molecule has 2 heterocycles. The molecule has 7 heteroatoms. The number of carbonyl (C=O) groups is 2. The Labute approximate surface area is 133 Å². The van der Waals surface area contributed by atoms with Crippen LogP contribution >= 0.6 is 38.6 Å². The van der Waals surface area contributed by atoms with E-state index in [1.807, 2.05) is 17.5 Å². The summed E-state index contributed by atoms with van der Waals surface area (Å²) >= 11 is 6.30. The molecule has 20 heavy (non-hydrogen) atoms. The fourth-order valence-corrected chi connectivity index (χ4v) is 3.54. The number of carbonyl (C=O) groups excluding carboxylic acids is 2. The zero-order valence-corrected chi connectivity index (χ0v) is 13.7. The topological polar surface area (TPSA) is 58.2 Å². The van der Waals surface area contributed by atoms with E-state index < -0.39 is 0 Å². The maximum Gasteiger partial charge on any atom is 0.261 e. The van der Waals surface area contributed by atoms with Crippen LogP contribution in [-0.4, -0.2) is 24.9 Å². The van der Waals surface area contributed by atoms with Gasteiger partial charge in [-0.1, -0.05) is 6.07 Å². The molecule has 4 nitrogen and oxygen atoms in total. The molecule has 2 amide bonds. The Hall–Kier alpha value is -1.18. The first-order chi connectivity index (χ1) is 9.65. The van der Waals surface area contributed by atoms with Crippen molar-refractivity contribution in [3.63, 3.8) is 0 Å². The summed E-state index contributed by atoms with van der Waals surface area (Å²) in [5.74, 6) is -0.403. The Morgan fingerprint density at radius 3 is 2.70 bits per heavy atom. The van der Waals surface area contributed by atoms with Gasteiger partial charge in [0, 0.05) is 11.4 Å². The lowest BCUT2D eigenvalue weighted by Gasteiger charge is -2.05. The van der Waals surface area contributed by atoms with E-state index in [1.165, 1.54) is 16.2 Å². The van der Waals surface area contributed by atoms with E-state index in [9.17, 15) is 9.59 Å². The van der Waals surface area contributed by atoms with Gasteiger partial charge in [-0.05, 0) is 45.9 Å². The molecule has 0 atom stereocenters. The van der Waals surface area contributed by atoms with E-state index in [1.54, 1.807) is 23.5 Å². The van der Waals surface area contributed by atoms with Crippen LogP contribution in [0.1, 0.15) is 14.5 Å². The average molecular weight is 373 g/mol. The molecule has 0 fully saturated rings. The number of hydrogen-bond acceptors (Lipinski definition) is 4. The molecule has 106 valence electrons. The Bertz CT molecular complexity index is 581. The molecule has 0 saturated carbocycles. The highest BCUT2D eigenvalue weighted by molar-refractivity contribution is 9.11. The van der Waals surface area contributed by atoms with Crippen molar-refractivity contribution >= 4 is 50.4 Å². The van der Waals surface area contributed by atoms with E-state index in [0.717, 1.165) is 10.2 Å². The molecule has 0 aromatic carbocycles.